The van der Waals surface area contributed by atoms with Crippen molar-refractivity contribution in [1.29, 1.82) is 5.26 Å². The number of aromatic amines is 1. The van der Waals surface area contributed by atoms with Crippen molar-refractivity contribution in [3.05, 3.63) is 41.2 Å². The molecule has 0 saturated heterocycles. The molecule has 1 amide bonds. The zero-order chi connectivity index (χ0) is 21.6. The average Bonchev–Trinajstić information content (AvgIpc) is 3.28. The van der Waals surface area contributed by atoms with Crippen LogP contribution in [0.3, 0.4) is 0 Å². The minimum Gasteiger partial charge on any atom is -0.348 e. The number of aromatic nitrogens is 5. The molecule has 0 fully saturated rings. The van der Waals surface area contributed by atoms with Crippen molar-refractivity contribution in [2.24, 2.45) is 12.5 Å². The van der Waals surface area contributed by atoms with Crippen molar-refractivity contribution in [3.8, 4) is 17.5 Å². The summed E-state index contributed by atoms with van der Waals surface area (Å²) in [6.07, 6.45) is 3.20. The van der Waals surface area contributed by atoms with E-state index in [4.69, 9.17) is 11.6 Å². The Morgan fingerprint density at radius 1 is 1.40 bits per heavy atom. The van der Waals surface area contributed by atoms with Crippen LogP contribution in [-0.4, -0.2) is 36.7 Å². The van der Waals surface area contributed by atoms with Crippen LogP contribution in [0.25, 0.3) is 33.5 Å². The van der Waals surface area contributed by atoms with Gasteiger partial charge in [0.1, 0.15) is 16.9 Å². The van der Waals surface area contributed by atoms with Crippen LogP contribution >= 0.6 is 11.6 Å². The summed E-state index contributed by atoms with van der Waals surface area (Å²) in [6.45, 7) is 5.37. The van der Waals surface area contributed by atoms with Crippen molar-refractivity contribution in [3.63, 3.8) is 0 Å². The van der Waals surface area contributed by atoms with Gasteiger partial charge in [0.25, 0.3) is 5.91 Å². The number of nitrogens with zero attached hydrogens (tertiary/aromatic N) is 5. The van der Waals surface area contributed by atoms with E-state index in [9.17, 15) is 10.1 Å². The summed E-state index contributed by atoms with van der Waals surface area (Å²) >= 11 is 6.11. The van der Waals surface area contributed by atoms with Gasteiger partial charge in [-0.15, -0.1) is 0 Å². The number of nitrogens with one attached hydrogen (secondary N) is 2. The van der Waals surface area contributed by atoms with E-state index in [1.807, 2.05) is 19.2 Å². The molecule has 152 valence electrons. The normalized spacial score (nSPS) is 12.8. The Balaban J connectivity index is 1.76. The highest BCUT2D eigenvalue weighted by atomic mass is 35.5. The van der Waals surface area contributed by atoms with Crippen molar-refractivity contribution in [2.75, 3.05) is 0 Å². The molecule has 0 bridgehead atoms. The second kappa shape index (κ2) is 7.11. The minimum atomic E-state index is -0.702. The fraction of sp³-hybridized carbons (Fsp3) is 0.286. The van der Waals surface area contributed by atoms with E-state index in [-0.39, 0.29) is 11.9 Å². The molecule has 0 aliphatic carbocycles. The molecule has 0 spiro atoms. The Bertz CT molecular complexity index is 1330. The monoisotopic (exact) mass is 421 g/mol. The van der Waals surface area contributed by atoms with Crippen molar-refractivity contribution < 1.29 is 4.79 Å². The Kier molecular flexibility index (Phi) is 4.71. The van der Waals surface area contributed by atoms with Gasteiger partial charge in [0.05, 0.1) is 28.8 Å². The second-order valence-electron chi connectivity index (χ2n) is 7.82. The number of hydrogen-bond donors (Lipinski definition) is 2. The molecule has 0 saturated carbocycles. The molecule has 1 atom stereocenters. The Hall–Kier alpha value is -3.44. The largest absolute Gasteiger partial charge is 0.348 e. The number of aryl methyl sites for hydroxylation is 1. The van der Waals surface area contributed by atoms with Crippen LogP contribution < -0.4 is 5.32 Å². The molecular weight excluding hydrogens is 402 g/mol. The summed E-state index contributed by atoms with van der Waals surface area (Å²) in [5.41, 5.74) is 2.69. The number of fused-ring (bicyclic) bond motifs is 2. The number of halogens is 1. The van der Waals surface area contributed by atoms with E-state index in [1.54, 1.807) is 43.9 Å². The topological polar surface area (TPSA) is 112 Å². The Morgan fingerprint density at radius 2 is 2.17 bits per heavy atom. The van der Waals surface area contributed by atoms with Gasteiger partial charge in [-0.2, -0.15) is 10.4 Å². The number of benzene rings is 1. The standard InChI is InChI=1S/C21H20ClN7O/c1-11(21(2,3)10-23)26-20(30)14-8-24-19-18(14)27-15(9-25-19)17-13-6-5-12(22)7-16(13)29(4)28-17/h5-9,11H,1-4H3,(H,24,25)(H,26,30)/t11-/m0/s1. The molecule has 0 unspecified atom stereocenters. The summed E-state index contributed by atoms with van der Waals surface area (Å²) in [5.74, 6) is -0.318. The molecule has 0 radical (unpaired) electrons. The first-order chi connectivity index (χ1) is 14.2. The number of rotatable bonds is 4. The van der Waals surface area contributed by atoms with Gasteiger partial charge in [-0.1, -0.05) is 11.6 Å². The van der Waals surface area contributed by atoms with Crippen LogP contribution in [0, 0.1) is 16.7 Å². The van der Waals surface area contributed by atoms with Gasteiger partial charge in [-0.05, 0) is 39.0 Å². The van der Waals surface area contributed by atoms with Gasteiger partial charge >= 0.3 is 0 Å². The third-order valence-electron chi connectivity index (χ3n) is 5.40. The van der Waals surface area contributed by atoms with Crippen molar-refractivity contribution in [1.82, 2.24) is 30.0 Å². The molecule has 8 nitrogen and oxygen atoms in total. The van der Waals surface area contributed by atoms with Crippen molar-refractivity contribution in [2.45, 2.75) is 26.8 Å². The lowest BCUT2D eigenvalue weighted by Gasteiger charge is -2.25. The SMILES string of the molecule is C[C@H](NC(=O)c1c[nH]c2ncc(-c3nn(C)c4cc(Cl)ccc34)nc12)C(C)(C)C#N. The smallest absolute Gasteiger partial charge is 0.255 e. The summed E-state index contributed by atoms with van der Waals surface area (Å²) in [5, 5.41) is 18.3. The lowest BCUT2D eigenvalue weighted by molar-refractivity contribution is 0.0921. The van der Waals surface area contributed by atoms with Crippen molar-refractivity contribution >= 4 is 39.6 Å². The number of carbonyl (C=O) groups excluding carboxylic acids is 1. The number of hydrogen-bond acceptors (Lipinski definition) is 5. The predicted molar refractivity (Wildman–Crippen MR) is 115 cm³/mol. The first-order valence-corrected chi connectivity index (χ1v) is 9.78. The number of carbonyl (C=O) groups is 1. The lowest BCUT2D eigenvalue weighted by Crippen LogP contribution is -2.42. The molecule has 9 heteroatoms. The fourth-order valence-electron chi connectivity index (χ4n) is 3.15. The van der Waals surface area contributed by atoms with E-state index in [2.05, 4.69) is 31.4 Å². The summed E-state index contributed by atoms with van der Waals surface area (Å²) < 4.78 is 1.73. The number of nitriles is 1. The maximum absolute atomic E-state index is 12.9. The van der Waals surface area contributed by atoms with Gasteiger partial charge in [0.15, 0.2) is 5.65 Å². The molecule has 30 heavy (non-hydrogen) atoms. The highest BCUT2D eigenvalue weighted by Gasteiger charge is 2.28. The minimum absolute atomic E-state index is 0.318. The highest BCUT2D eigenvalue weighted by Crippen LogP contribution is 2.29. The molecule has 0 aliphatic heterocycles. The summed E-state index contributed by atoms with van der Waals surface area (Å²) in [4.78, 5) is 24.9. The lowest BCUT2D eigenvalue weighted by atomic mass is 9.87. The van der Waals surface area contributed by atoms with E-state index < -0.39 is 5.41 Å². The number of H-pyrrole nitrogens is 1. The third-order valence-corrected chi connectivity index (χ3v) is 5.64. The average molecular weight is 422 g/mol. The van der Waals surface area contributed by atoms with Gasteiger partial charge in [-0.25, -0.2) is 9.97 Å². The first-order valence-electron chi connectivity index (χ1n) is 9.40. The van der Waals surface area contributed by atoms with Crippen LogP contribution in [0.2, 0.25) is 5.02 Å². The third kappa shape index (κ3) is 3.27. The predicted octanol–water partition coefficient (Wildman–Crippen LogP) is 3.83. The molecule has 3 aromatic heterocycles. The molecule has 0 aliphatic rings. The highest BCUT2D eigenvalue weighted by molar-refractivity contribution is 6.31. The quantitative estimate of drug-likeness (QED) is 0.520. The molecule has 4 rings (SSSR count). The molecule has 4 aromatic rings. The van der Waals surface area contributed by atoms with E-state index >= 15 is 0 Å². The maximum Gasteiger partial charge on any atom is 0.255 e. The van der Waals surface area contributed by atoms with Crippen LogP contribution in [0.5, 0.6) is 0 Å². The first kappa shape index (κ1) is 19.9. The Labute approximate surface area is 177 Å². The van der Waals surface area contributed by atoms with E-state index in [1.165, 1.54) is 0 Å². The molecular formula is C21H20ClN7O. The zero-order valence-electron chi connectivity index (χ0n) is 17.0. The van der Waals surface area contributed by atoms with E-state index in [0.717, 1.165) is 10.9 Å². The summed E-state index contributed by atoms with van der Waals surface area (Å²) in [6, 6.07) is 7.40. The second-order valence-corrected chi connectivity index (χ2v) is 8.25. The van der Waals surface area contributed by atoms with Crippen LogP contribution in [0.15, 0.2) is 30.6 Å². The zero-order valence-corrected chi connectivity index (χ0v) is 17.7. The molecule has 1 aromatic carbocycles. The Morgan fingerprint density at radius 3 is 2.90 bits per heavy atom. The van der Waals surface area contributed by atoms with E-state index in [0.29, 0.717) is 33.1 Å². The maximum atomic E-state index is 12.9. The van der Waals surface area contributed by atoms with Gasteiger partial charge in [-0.3, -0.25) is 9.48 Å². The molecule has 3 heterocycles. The van der Waals surface area contributed by atoms with Crippen LogP contribution in [-0.2, 0) is 7.05 Å². The van der Waals surface area contributed by atoms with Gasteiger partial charge in [0, 0.05) is 29.7 Å². The fourth-order valence-corrected chi connectivity index (χ4v) is 3.32. The van der Waals surface area contributed by atoms with Crippen LogP contribution in [0.4, 0.5) is 0 Å². The van der Waals surface area contributed by atoms with Crippen LogP contribution in [0.1, 0.15) is 31.1 Å². The molecule has 2 N–H and O–H groups in total. The van der Waals surface area contributed by atoms with Gasteiger partial charge in [0.2, 0.25) is 0 Å². The number of amides is 1. The summed E-state index contributed by atoms with van der Waals surface area (Å²) in [7, 11) is 1.83. The van der Waals surface area contributed by atoms with Gasteiger partial charge < -0.3 is 10.3 Å².